The first kappa shape index (κ1) is 17.3. The molecule has 23 heavy (non-hydrogen) atoms. The van der Waals surface area contributed by atoms with Crippen LogP contribution in [0.25, 0.3) is 0 Å². The molecule has 4 nitrogen and oxygen atoms in total. The number of amides is 2. The van der Waals surface area contributed by atoms with E-state index >= 15 is 0 Å². The summed E-state index contributed by atoms with van der Waals surface area (Å²) in [5, 5.41) is 3.90. The average Bonchev–Trinajstić information content (AvgIpc) is 2.48. The lowest BCUT2D eigenvalue weighted by atomic mass is 10.1. The van der Waals surface area contributed by atoms with Gasteiger partial charge in [0.2, 0.25) is 11.8 Å². The minimum Gasteiger partial charge on any atom is -0.369 e. The van der Waals surface area contributed by atoms with Crippen molar-refractivity contribution in [3.63, 3.8) is 0 Å². The summed E-state index contributed by atoms with van der Waals surface area (Å²) in [5.74, 6) is -0.604. The number of hydrogen-bond acceptors (Lipinski definition) is 2. The number of carbonyl (C=O) groups excluding carboxylic acids is 2. The van der Waals surface area contributed by atoms with E-state index in [1.807, 2.05) is 0 Å². The minimum atomic E-state index is -0.445. The fourth-order valence-electron chi connectivity index (χ4n) is 2.17. The predicted octanol–water partition coefficient (Wildman–Crippen LogP) is 3.59. The second-order valence-electron chi connectivity index (χ2n) is 5.08. The molecule has 0 saturated heterocycles. The van der Waals surface area contributed by atoms with Crippen molar-refractivity contribution in [2.45, 2.75) is 19.3 Å². The lowest BCUT2D eigenvalue weighted by Crippen LogP contribution is -2.17. The van der Waals surface area contributed by atoms with Crippen LogP contribution >= 0.6 is 23.2 Å². The van der Waals surface area contributed by atoms with E-state index in [2.05, 4.69) is 5.32 Å². The average molecular weight is 351 g/mol. The van der Waals surface area contributed by atoms with Gasteiger partial charge in [0.25, 0.3) is 0 Å². The van der Waals surface area contributed by atoms with Gasteiger partial charge in [0.1, 0.15) is 0 Å². The van der Waals surface area contributed by atoms with Gasteiger partial charge in [-0.05, 0) is 35.7 Å². The minimum absolute atomic E-state index is 0.0828. The Morgan fingerprint density at radius 2 is 1.78 bits per heavy atom. The summed E-state index contributed by atoms with van der Waals surface area (Å²) < 4.78 is 0. The second kappa shape index (κ2) is 7.99. The summed E-state index contributed by atoms with van der Waals surface area (Å²) in [6, 6.07) is 12.3. The molecule has 0 aliphatic carbocycles. The first-order valence-electron chi connectivity index (χ1n) is 7.05. The molecule has 0 saturated carbocycles. The molecule has 120 valence electrons. The van der Waals surface area contributed by atoms with E-state index < -0.39 is 5.91 Å². The smallest absolute Gasteiger partial charge is 0.224 e. The number of primary amides is 1. The molecule has 0 bridgehead atoms. The van der Waals surface area contributed by atoms with Crippen molar-refractivity contribution in [3.05, 3.63) is 63.6 Å². The number of para-hydroxylation sites is 1. The largest absolute Gasteiger partial charge is 0.369 e. The molecule has 0 heterocycles. The van der Waals surface area contributed by atoms with Gasteiger partial charge in [0, 0.05) is 22.2 Å². The van der Waals surface area contributed by atoms with Crippen LogP contribution in [-0.2, 0) is 22.4 Å². The fourth-order valence-corrected chi connectivity index (χ4v) is 2.67. The molecule has 0 unspecified atom stereocenters. The highest BCUT2D eigenvalue weighted by molar-refractivity contribution is 6.35. The summed E-state index contributed by atoms with van der Waals surface area (Å²) in [5.41, 5.74) is 7.36. The number of carbonyl (C=O) groups is 2. The molecule has 3 N–H and O–H groups in total. The maximum Gasteiger partial charge on any atom is 0.224 e. The first-order chi connectivity index (χ1) is 11.0. The number of benzene rings is 2. The standard InChI is InChI=1S/C17H16Cl2N2O2/c18-13-7-5-11(14(19)10-13)6-8-17(23)21-15-4-2-1-3-12(15)9-16(20)22/h1-5,7,10H,6,8-9H2,(H2,20,22)(H,21,23). The van der Waals surface area contributed by atoms with Crippen LogP contribution < -0.4 is 11.1 Å². The number of rotatable bonds is 6. The molecular formula is C17H16Cl2N2O2. The zero-order chi connectivity index (χ0) is 16.8. The van der Waals surface area contributed by atoms with Gasteiger partial charge < -0.3 is 11.1 Å². The first-order valence-corrected chi connectivity index (χ1v) is 7.81. The van der Waals surface area contributed by atoms with Crippen LogP contribution in [0.15, 0.2) is 42.5 Å². The summed E-state index contributed by atoms with van der Waals surface area (Å²) in [6.07, 6.45) is 0.853. The highest BCUT2D eigenvalue weighted by Gasteiger charge is 2.10. The van der Waals surface area contributed by atoms with Crippen LogP contribution in [0.2, 0.25) is 10.0 Å². The number of nitrogens with one attached hydrogen (secondary N) is 1. The molecule has 0 aliphatic heterocycles. The summed E-state index contributed by atoms with van der Waals surface area (Å²) >= 11 is 11.9. The van der Waals surface area contributed by atoms with Crippen LogP contribution in [0.5, 0.6) is 0 Å². The normalized spacial score (nSPS) is 10.3. The van der Waals surface area contributed by atoms with Crippen LogP contribution in [0, 0.1) is 0 Å². The maximum atomic E-state index is 12.1. The van der Waals surface area contributed by atoms with Gasteiger partial charge in [0.15, 0.2) is 0 Å². The van der Waals surface area contributed by atoms with E-state index in [0.29, 0.717) is 27.7 Å². The van der Waals surface area contributed by atoms with Gasteiger partial charge in [-0.15, -0.1) is 0 Å². The van der Waals surface area contributed by atoms with Gasteiger partial charge >= 0.3 is 0 Å². The van der Waals surface area contributed by atoms with Crippen LogP contribution in [0.1, 0.15) is 17.5 Å². The van der Waals surface area contributed by atoms with Crippen molar-refractivity contribution in [1.29, 1.82) is 0 Å². The molecule has 2 aromatic rings. The van der Waals surface area contributed by atoms with Crippen LogP contribution in [0.3, 0.4) is 0 Å². The highest BCUT2D eigenvalue weighted by Crippen LogP contribution is 2.22. The van der Waals surface area contributed by atoms with E-state index in [-0.39, 0.29) is 18.7 Å². The molecular weight excluding hydrogens is 335 g/mol. The molecule has 2 amide bonds. The van der Waals surface area contributed by atoms with Crippen molar-refractivity contribution < 1.29 is 9.59 Å². The number of aryl methyl sites for hydroxylation is 1. The Hall–Kier alpha value is -2.04. The molecule has 6 heteroatoms. The Morgan fingerprint density at radius 1 is 1.04 bits per heavy atom. The molecule has 2 rings (SSSR count). The maximum absolute atomic E-state index is 12.1. The van der Waals surface area contributed by atoms with E-state index in [1.54, 1.807) is 42.5 Å². The second-order valence-corrected chi connectivity index (χ2v) is 5.93. The summed E-state index contributed by atoms with van der Waals surface area (Å²) in [7, 11) is 0. The van der Waals surface area contributed by atoms with Crippen molar-refractivity contribution in [2.75, 3.05) is 5.32 Å². The fraction of sp³-hybridized carbons (Fsp3) is 0.176. The Balaban J connectivity index is 1.98. The van der Waals surface area contributed by atoms with Gasteiger partial charge in [-0.2, -0.15) is 0 Å². The van der Waals surface area contributed by atoms with Crippen molar-refractivity contribution in [1.82, 2.24) is 0 Å². The third kappa shape index (κ3) is 5.27. The van der Waals surface area contributed by atoms with Crippen LogP contribution in [0.4, 0.5) is 5.69 Å². The number of hydrogen-bond donors (Lipinski definition) is 2. The third-order valence-corrected chi connectivity index (χ3v) is 3.88. The quantitative estimate of drug-likeness (QED) is 0.835. The molecule has 0 aromatic heterocycles. The molecule has 0 radical (unpaired) electrons. The van der Waals surface area contributed by atoms with Crippen LogP contribution in [-0.4, -0.2) is 11.8 Å². The SMILES string of the molecule is NC(=O)Cc1ccccc1NC(=O)CCc1ccc(Cl)cc1Cl. The molecule has 2 aromatic carbocycles. The summed E-state index contributed by atoms with van der Waals surface area (Å²) in [6.45, 7) is 0. The monoisotopic (exact) mass is 350 g/mol. The Labute approximate surface area is 144 Å². The summed E-state index contributed by atoms with van der Waals surface area (Å²) in [4.78, 5) is 23.2. The topological polar surface area (TPSA) is 72.2 Å². The van der Waals surface area contributed by atoms with E-state index in [9.17, 15) is 9.59 Å². The zero-order valence-electron chi connectivity index (χ0n) is 12.3. The lowest BCUT2D eigenvalue weighted by molar-refractivity contribution is -0.118. The van der Waals surface area contributed by atoms with Crippen molar-refractivity contribution >= 4 is 40.7 Å². The Morgan fingerprint density at radius 3 is 2.48 bits per heavy atom. The lowest BCUT2D eigenvalue weighted by Gasteiger charge is -2.10. The number of halogens is 2. The third-order valence-electron chi connectivity index (χ3n) is 3.29. The zero-order valence-corrected chi connectivity index (χ0v) is 13.8. The van der Waals surface area contributed by atoms with Crippen molar-refractivity contribution in [2.24, 2.45) is 5.73 Å². The Kier molecular flexibility index (Phi) is 6.02. The number of nitrogens with two attached hydrogens (primary N) is 1. The molecule has 0 spiro atoms. The van der Waals surface area contributed by atoms with Gasteiger partial charge in [-0.1, -0.05) is 47.5 Å². The van der Waals surface area contributed by atoms with Gasteiger partial charge in [-0.3, -0.25) is 9.59 Å². The van der Waals surface area contributed by atoms with E-state index in [4.69, 9.17) is 28.9 Å². The predicted molar refractivity (Wildman–Crippen MR) is 92.8 cm³/mol. The molecule has 0 fully saturated rings. The van der Waals surface area contributed by atoms with E-state index in [0.717, 1.165) is 5.56 Å². The number of anilines is 1. The molecule has 0 atom stereocenters. The highest BCUT2D eigenvalue weighted by atomic mass is 35.5. The van der Waals surface area contributed by atoms with E-state index in [1.165, 1.54) is 0 Å². The van der Waals surface area contributed by atoms with Crippen molar-refractivity contribution in [3.8, 4) is 0 Å². The van der Waals surface area contributed by atoms with Gasteiger partial charge in [-0.25, -0.2) is 0 Å². The van der Waals surface area contributed by atoms with Gasteiger partial charge in [0.05, 0.1) is 6.42 Å². The molecule has 0 aliphatic rings. The Bertz CT molecular complexity index is 732.